The first-order valence-corrected chi connectivity index (χ1v) is 10.1. The molecule has 1 aliphatic carbocycles. The van der Waals surface area contributed by atoms with E-state index in [1.807, 2.05) is 0 Å². The molecule has 154 valence electrons. The first-order valence-electron chi connectivity index (χ1n) is 10.1. The van der Waals surface area contributed by atoms with Crippen molar-refractivity contribution < 1.29 is 24.3 Å². The van der Waals surface area contributed by atoms with Gasteiger partial charge in [0.1, 0.15) is 0 Å². The number of rotatable bonds is 6. The normalized spacial score (nSPS) is 30.2. The number of hydrogen-bond acceptors (Lipinski definition) is 5. The molecule has 0 bridgehead atoms. The Bertz CT molecular complexity index is 663. The van der Waals surface area contributed by atoms with E-state index in [1.54, 1.807) is 15.9 Å². The third kappa shape index (κ3) is 4.90. The Balaban J connectivity index is 1.43. The lowest BCUT2D eigenvalue weighted by Gasteiger charge is -2.29. The zero-order valence-corrected chi connectivity index (χ0v) is 16.0. The first-order chi connectivity index (χ1) is 13.5. The van der Waals surface area contributed by atoms with Crippen molar-refractivity contribution in [1.82, 2.24) is 15.1 Å². The van der Waals surface area contributed by atoms with Crippen molar-refractivity contribution >= 4 is 24.0 Å². The maximum atomic E-state index is 12.5. The number of amides is 3. The van der Waals surface area contributed by atoms with E-state index in [0.717, 1.165) is 25.7 Å². The molecule has 0 spiro atoms. The molecule has 28 heavy (non-hydrogen) atoms. The van der Waals surface area contributed by atoms with Gasteiger partial charge in [-0.3, -0.25) is 9.59 Å². The van der Waals surface area contributed by atoms with Crippen LogP contribution in [-0.4, -0.2) is 77.7 Å². The number of aliphatic imine (C=N–C) groups is 1. The molecular weight excluding hydrogens is 364 g/mol. The van der Waals surface area contributed by atoms with E-state index in [1.165, 1.54) is 0 Å². The number of carbonyl (C=O) groups excluding carboxylic acids is 3. The van der Waals surface area contributed by atoms with Gasteiger partial charge in [0, 0.05) is 32.6 Å². The van der Waals surface area contributed by atoms with Gasteiger partial charge in [0.2, 0.25) is 12.0 Å². The van der Waals surface area contributed by atoms with E-state index >= 15 is 0 Å². The molecule has 4 unspecified atom stereocenters. The maximum absolute atomic E-state index is 12.5. The minimum atomic E-state index is -0.937. The van der Waals surface area contributed by atoms with E-state index in [2.05, 4.69) is 10.3 Å². The molecule has 0 aromatic rings. The molecule has 2 N–H and O–H groups in total. The van der Waals surface area contributed by atoms with E-state index in [9.17, 15) is 19.2 Å². The van der Waals surface area contributed by atoms with E-state index < -0.39 is 11.9 Å². The highest BCUT2D eigenvalue weighted by molar-refractivity contribution is 5.86. The molecule has 0 aromatic carbocycles. The predicted molar refractivity (Wildman–Crippen MR) is 99.3 cm³/mol. The Kier molecular flexibility index (Phi) is 6.67. The highest BCUT2D eigenvalue weighted by Crippen LogP contribution is 2.29. The number of likely N-dealkylation sites (tertiary alicyclic amines) is 2. The van der Waals surface area contributed by atoms with Gasteiger partial charge in [0.15, 0.2) is 0 Å². The van der Waals surface area contributed by atoms with Crippen LogP contribution in [-0.2, 0) is 14.4 Å². The first kappa shape index (κ1) is 20.3. The van der Waals surface area contributed by atoms with Crippen molar-refractivity contribution in [3.8, 4) is 0 Å². The van der Waals surface area contributed by atoms with Gasteiger partial charge < -0.3 is 20.2 Å². The summed E-state index contributed by atoms with van der Waals surface area (Å²) < 4.78 is 0. The van der Waals surface area contributed by atoms with Crippen molar-refractivity contribution in [1.29, 1.82) is 0 Å². The predicted octanol–water partition coefficient (Wildman–Crippen LogP) is 0.846. The van der Waals surface area contributed by atoms with Crippen LogP contribution in [0.5, 0.6) is 0 Å². The van der Waals surface area contributed by atoms with Crippen LogP contribution in [0.4, 0.5) is 4.79 Å². The molecule has 0 radical (unpaired) electrons. The number of aliphatic carboxylic acids is 1. The van der Waals surface area contributed by atoms with Crippen LogP contribution in [0.3, 0.4) is 0 Å². The number of isocyanates is 1. The van der Waals surface area contributed by atoms with Crippen LogP contribution >= 0.6 is 0 Å². The Labute approximate surface area is 164 Å². The third-order valence-electron chi connectivity index (χ3n) is 6.25. The fourth-order valence-electron chi connectivity index (χ4n) is 4.69. The van der Waals surface area contributed by atoms with Gasteiger partial charge >= 0.3 is 12.0 Å². The molecule has 3 rings (SSSR count). The second kappa shape index (κ2) is 9.19. The summed E-state index contributed by atoms with van der Waals surface area (Å²) in [6.07, 6.45) is 6.47. The molecule has 3 amide bonds. The van der Waals surface area contributed by atoms with Crippen molar-refractivity contribution in [3.05, 3.63) is 0 Å². The van der Waals surface area contributed by atoms with Gasteiger partial charge in [-0.25, -0.2) is 14.6 Å². The summed E-state index contributed by atoms with van der Waals surface area (Å²) >= 11 is 0. The quantitative estimate of drug-likeness (QED) is 0.513. The van der Waals surface area contributed by atoms with Crippen LogP contribution in [0.1, 0.15) is 38.5 Å². The summed E-state index contributed by atoms with van der Waals surface area (Å²) in [6, 6.07) is -0.222. The van der Waals surface area contributed by atoms with Crippen LogP contribution in [0.2, 0.25) is 0 Å². The summed E-state index contributed by atoms with van der Waals surface area (Å²) in [4.78, 5) is 53.0. The lowest BCUT2D eigenvalue weighted by Crippen LogP contribution is -2.44. The van der Waals surface area contributed by atoms with Crippen LogP contribution in [0.25, 0.3) is 0 Å². The summed E-state index contributed by atoms with van der Waals surface area (Å²) in [6.45, 7) is 2.37. The number of hydrogen-bond donors (Lipinski definition) is 2. The second-order valence-corrected chi connectivity index (χ2v) is 8.19. The van der Waals surface area contributed by atoms with E-state index in [0.29, 0.717) is 44.4 Å². The molecule has 3 aliphatic rings. The molecule has 9 heteroatoms. The SMILES string of the molecule is O=C=NCC1CCCC(CNC(=O)N2CCC(N3CC(C(=O)O)CC3=O)C2)C1. The molecule has 4 atom stereocenters. The number of nitrogens with one attached hydrogen (secondary N) is 1. The van der Waals surface area contributed by atoms with Crippen molar-refractivity contribution in [2.75, 3.05) is 32.7 Å². The van der Waals surface area contributed by atoms with E-state index in [4.69, 9.17) is 5.11 Å². The molecule has 2 aliphatic heterocycles. The van der Waals surface area contributed by atoms with Crippen molar-refractivity contribution in [2.45, 2.75) is 44.6 Å². The lowest BCUT2D eigenvalue weighted by molar-refractivity contribution is -0.141. The van der Waals surface area contributed by atoms with Crippen LogP contribution < -0.4 is 5.32 Å². The Morgan fingerprint density at radius 1 is 1.21 bits per heavy atom. The fourth-order valence-corrected chi connectivity index (χ4v) is 4.69. The zero-order chi connectivity index (χ0) is 20.1. The second-order valence-electron chi connectivity index (χ2n) is 8.19. The Morgan fingerprint density at radius 3 is 2.71 bits per heavy atom. The molecule has 2 heterocycles. The largest absolute Gasteiger partial charge is 0.481 e. The highest BCUT2D eigenvalue weighted by atomic mass is 16.4. The lowest BCUT2D eigenvalue weighted by atomic mass is 9.81. The van der Waals surface area contributed by atoms with Gasteiger partial charge in [-0.2, -0.15) is 0 Å². The van der Waals surface area contributed by atoms with Crippen LogP contribution in [0, 0.1) is 17.8 Å². The highest BCUT2D eigenvalue weighted by Gasteiger charge is 2.41. The molecule has 0 aromatic heterocycles. The topological polar surface area (TPSA) is 119 Å². The Morgan fingerprint density at radius 2 is 2.00 bits per heavy atom. The monoisotopic (exact) mass is 392 g/mol. The van der Waals surface area contributed by atoms with Crippen molar-refractivity contribution in [2.24, 2.45) is 22.7 Å². The van der Waals surface area contributed by atoms with Crippen LogP contribution in [0.15, 0.2) is 4.99 Å². The van der Waals surface area contributed by atoms with Gasteiger partial charge in [-0.05, 0) is 37.5 Å². The third-order valence-corrected chi connectivity index (χ3v) is 6.25. The standard InChI is InChI=1S/C19H28N4O5/c24-12-20-8-13-2-1-3-14(6-13)9-21-19(28)22-5-4-16(11-22)23-10-15(18(26)27)7-17(23)25/h13-16H,1-11H2,(H,21,28)(H,26,27). The molecule has 2 saturated heterocycles. The Hall–Kier alpha value is -2.41. The summed E-state index contributed by atoms with van der Waals surface area (Å²) in [5.74, 6) is -0.937. The average molecular weight is 392 g/mol. The fraction of sp³-hybridized carbons (Fsp3) is 0.789. The summed E-state index contributed by atoms with van der Waals surface area (Å²) in [7, 11) is 0. The summed E-state index contributed by atoms with van der Waals surface area (Å²) in [5.41, 5.74) is 0. The van der Waals surface area contributed by atoms with Gasteiger partial charge in [0.05, 0.1) is 18.5 Å². The smallest absolute Gasteiger partial charge is 0.317 e. The minimum absolute atomic E-state index is 0.0506. The molecule has 1 saturated carbocycles. The van der Waals surface area contributed by atoms with Gasteiger partial charge in [-0.15, -0.1) is 0 Å². The van der Waals surface area contributed by atoms with Crippen molar-refractivity contribution in [3.63, 3.8) is 0 Å². The molecule has 3 fully saturated rings. The summed E-state index contributed by atoms with van der Waals surface area (Å²) in [5, 5.41) is 12.1. The maximum Gasteiger partial charge on any atom is 0.317 e. The number of nitrogens with zero attached hydrogens (tertiary/aromatic N) is 3. The molecular formula is C19H28N4O5. The zero-order valence-electron chi connectivity index (χ0n) is 16.0. The number of carboxylic acids is 1. The number of urea groups is 1. The van der Waals surface area contributed by atoms with Gasteiger partial charge in [-0.1, -0.05) is 6.42 Å². The van der Waals surface area contributed by atoms with Gasteiger partial charge in [0.25, 0.3) is 0 Å². The minimum Gasteiger partial charge on any atom is -0.481 e. The van der Waals surface area contributed by atoms with E-state index in [-0.39, 0.29) is 30.9 Å². The number of carbonyl (C=O) groups is 3. The molecule has 9 nitrogen and oxygen atoms in total. The number of carboxylic acid groups (broad SMARTS) is 1. The average Bonchev–Trinajstić information content (AvgIpc) is 3.31.